The maximum absolute atomic E-state index is 12.7. The number of esters is 2. The summed E-state index contributed by atoms with van der Waals surface area (Å²) in [6.07, 6.45) is 0.194. The van der Waals surface area contributed by atoms with Gasteiger partial charge in [0.15, 0.2) is 0 Å². The van der Waals surface area contributed by atoms with Gasteiger partial charge in [-0.05, 0) is 48.0 Å². The maximum atomic E-state index is 12.7. The predicted molar refractivity (Wildman–Crippen MR) is 101 cm³/mol. The van der Waals surface area contributed by atoms with E-state index in [1.165, 1.54) is 6.92 Å². The molecule has 4 aliphatic rings. The largest absolute Gasteiger partial charge is 0.459 e. The molecule has 1 heterocycles. The first-order valence-electron chi connectivity index (χ1n) is 10.5. The van der Waals surface area contributed by atoms with E-state index in [0.29, 0.717) is 12.0 Å². The summed E-state index contributed by atoms with van der Waals surface area (Å²) in [4.78, 5) is 24.4. The van der Waals surface area contributed by atoms with Gasteiger partial charge in [-0.3, -0.25) is 4.79 Å². The molecule has 1 aliphatic heterocycles. The smallest absolute Gasteiger partial charge is 0.337 e. The van der Waals surface area contributed by atoms with Crippen LogP contribution in [0.4, 0.5) is 0 Å². The van der Waals surface area contributed by atoms with E-state index in [1.54, 1.807) is 0 Å². The van der Waals surface area contributed by atoms with Crippen molar-refractivity contribution in [2.24, 2.45) is 28.6 Å². The fourth-order valence-corrected chi connectivity index (χ4v) is 7.02. The van der Waals surface area contributed by atoms with Gasteiger partial charge in [0.25, 0.3) is 0 Å². The van der Waals surface area contributed by atoms with Crippen molar-refractivity contribution in [3.63, 3.8) is 0 Å². The van der Waals surface area contributed by atoms with Gasteiger partial charge >= 0.3 is 11.9 Å². The molecule has 156 valence electrons. The first-order valence-corrected chi connectivity index (χ1v) is 10.5. The zero-order chi connectivity index (χ0) is 20.6. The fraction of sp³-hybridized carbons (Fsp3) is 0.818. The molecular formula is C22H32O6. The maximum Gasteiger partial charge on any atom is 0.337 e. The van der Waals surface area contributed by atoms with E-state index < -0.39 is 36.4 Å². The van der Waals surface area contributed by atoms with Crippen LogP contribution in [-0.4, -0.2) is 46.6 Å². The number of carbonyl (C=O) groups is 2. The van der Waals surface area contributed by atoms with Crippen molar-refractivity contribution in [2.45, 2.75) is 84.7 Å². The van der Waals surface area contributed by atoms with Gasteiger partial charge < -0.3 is 19.7 Å². The Labute approximate surface area is 166 Å². The minimum absolute atomic E-state index is 0.0339. The Morgan fingerprint density at radius 2 is 1.89 bits per heavy atom. The Kier molecular flexibility index (Phi) is 4.47. The van der Waals surface area contributed by atoms with E-state index in [4.69, 9.17) is 9.47 Å². The monoisotopic (exact) mass is 392 g/mol. The van der Waals surface area contributed by atoms with E-state index in [0.717, 1.165) is 24.8 Å². The highest BCUT2D eigenvalue weighted by Crippen LogP contribution is 2.64. The molecule has 28 heavy (non-hydrogen) atoms. The summed E-state index contributed by atoms with van der Waals surface area (Å²) in [5.74, 6) is -1.05. The van der Waals surface area contributed by atoms with Crippen LogP contribution in [-0.2, 0) is 19.1 Å². The second-order valence-corrected chi connectivity index (χ2v) is 10.1. The third-order valence-corrected chi connectivity index (χ3v) is 8.12. The number of aliphatic hydroxyl groups excluding tert-OH is 2. The van der Waals surface area contributed by atoms with Crippen molar-refractivity contribution >= 4 is 11.9 Å². The Morgan fingerprint density at radius 1 is 1.21 bits per heavy atom. The van der Waals surface area contributed by atoms with Crippen LogP contribution in [0, 0.1) is 28.6 Å². The average molecular weight is 392 g/mol. The molecule has 8 atom stereocenters. The van der Waals surface area contributed by atoms with Crippen LogP contribution in [0.3, 0.4) is 0 Å². The van der Waals surface area contributed by atoms with Gasteiger partial charge in [-0.15, -0.1) is 0 Å². The SMILES string of the molecule is CC(=O)O[C@H]1[C@@H](O)[C@@H]2[C@H]3OC(=O)C4=C3[C@@](C)(CC[C@@H]4O)CC[C@]2(C)[C@H]1C(C)C. The molecule has 0 aromatic carbocycles. The molecule has 0 radical (unpaired) electrons. The second-order valence-electron chi connectivity index (χ2n) is 10.1. The number of ether oxygens (including phenoxy) is 2. The zero-order valence-electron chi connectivity index (χ0n) is 17.4. The van der Waals surface area contributed by atoms with Gasteiger partial charge in [0.1, 0.15) is 12.2 Å². The van der Waals surface area contributed by atoms with Gasteiger partial charge in [-0.25, -0.2) is 4.79 Å². The van der Waals surface area contributed by atoms with Crippen molar-refractivity contribution < 1.29 is 29.3 Å². The highest BCUT2D eigenvalue weighted by atomic mass is 16.6. The topological polar surface area (TPSA) is 93.1 Å². The van der Waals surface area contributed by atoms with Gasteiger partial charge in [0.2, 0.25) is 0 Å². The molecule has 0 amide bonds. The molecule has 0 saturated heterocycles. The number of carbonyl (C=O) groups excluding carboxylic acids is 2. The van der Waals surface area contributed by atoms with Crippen LogP contribution in [0.1, 0.15) is 60.3 Å². The first kappa shape index (κ1) is 19.9. The van der Waals surface area contributed by atoms with Gasteiger partial charge in [0, 0.05) is 18.8 Å². The van der Waals surface area contributed by atoms with Gasteiger partial charge in [-0.1, -0.05) is 27.7 Å². The summed E-state index contributed by atoms with van der Waals surface area (Å²) in [7, 11) is 0. The Hall–Kier alpha value is -1.40. The van der Waals surface area contributed by atoms with E-state index >= 15 is 0 Å². The summed E-state index contributed by atoms with van der Waals surface area (Å²) in [6, 6.07) is 0. The molecule has 4 rings (SSSR count). The molecule has 6 nitrogen and oxygen atoms in total. The summed E-state index contributed by atoms with van der Waals surface area (Å²) < 4.78 is 11.5. The van der Waals surface area contributed by atoms with Crippen molar-refractivity contribution in [2.75, 3.05) is 0 Å². The molecule has 0 bridgehead atoms. The molecule has 0 aromatic heterocycles. The standard InChI is InChI=1S/C22H32O6/c1-10(2)14-19(27-11(3)23)17(25)16-18-15-13(20(26)28-18)12(24)6-7-21(15,4)8-9-22(14,16)5/h10,12,14,16-19,24-25H,6-9H2,1-5H3/t12-,14-,16+,17-,18-,19+,21-,22+/m0/s1. The van der Waals surface area contributed by atoms with Crippen LogP contribution in [0.15, 0.2) is 11.1 Å². The number of aliphatic hydroxyl groups is 2. The molecule has 0 unspecified atom stereocenters. The highest BCUT2D eigenvalue weighted by molar-refractivity contribution is 5.94. The van der Waals surface area contributed by atoms with E-state index in [1.807, 2.05) is 0 Å². The lowest BCUT2D eigenvalue weighted by atomic mass is 9.65. The highest BCUT2D eigenvalue weighted by Gasteiger charge is 2.67. The van der Waals surface area contributed by atoms with Crippen molar-refractivity contribution in [3.05, 3.63) is 11.1 Å². The Balaban J connectivity index is 1.86. The second kappa shape index (κ2) is 6.30. The van der Waals surface area contributed by atoms with Crippen molar-refractivity contribution in [3.8, 4) is 0 Å². The van der Waals surface area contributed by atoms with E-state index in [2.05, 4.69) is 27.7 Å². The van der Waals surface area contributed by atoms with Crippen molar-refractivity contribution in [1.29, 1.82) is 0 Å². The fourth-order valence-electron chi connectivity index (χ4n) is 7.02. The van der Waals surface area contributed by atoms with E-state index in [-0.39, 0.29) is 28.6 Å². The lowest BCUT2D eigenvalue weighted by molar-refractivity contribution is -0.157. The Morgan fingerprint density at radius 3 is 2.50 bits per heavy atom. The summed E-state index contributed by atoms with van der Waals surface area (Å²) >= 11 is 0. The third kappa shape index (κ3) is 2.53. The molecule has 3 aliphatic carbocycles. The number of hydrogen-bond acceptors (Lipinski definition) is 6. The molecule has 0 aromatic rings. The minimum Gasteiger partial charge on any atom is -0.459 e. The molecular weight excluding hydrogens is 360 g/mol. The summed E-state index contributed by atoms with van der Waals surface area (Å²) in [6.45, 7) is 9.87. The first-order chi connectivity index (χ1) is 13.0. The Bertz CT molecular complexity index is 741. The third-order valence-electron chi connectivity index (χ3n) is 8.12. The normalized spacial score (nSPS) is 47.5. The molecule has 0 spiro atoms. The lowest BCUT2D eigenvalue weighted by Crippen LogP contribution is -2.41. The van der Waals surface area contributed by atoms with Crippen LogP contribution < -0.4 is 0 Å². The lowest BCUT2D eigenvalue weighted by Gasteiger charge is -2.40. The number of hydrogen-bond donors (Lipinski definition) is 2. The number of fused-ring (bicyclic) bond motifs is 2. The summed E-state index contributed by atoms with van der Waals surface area (Å²) in [5, 5.41) is 21.8. The van der Waals surface area contributed by atoms with Gasteiger partial charge in [-0.2, -0.15) is 0 Å². The quantitative estimate of drug-likeness (QED) is 0.701. The molecule has 2 fully saturated rings. The van der Waals surface area contributed by atoms with Crippen LogP contribution in [0.5, 0.6) is 0 Å². The summed E-state index contributed by atoms with van der Waals surface area (Å²) in [5.41, 5.74) is 0.741. The zero-order valence-corrected chi connectivity index (χ0v) is 17.4. The minimum atomic E-state index is -0.910. The van der Waals surface area contributed by atoms with Gasteiger partial charge in [0.05, 0.1) is 17.8 Å². The molecule has 2 saturated carbocycles. The molecule has 6 heteroatoms. The average Bonchev–Trinajstić information content (AvgIpc) is 3.00. The van der Waals surface area contributed by atoms with Crippen LogP contribution >= 0.6 is 0 Å². The van der Waals surface area contributed by atoms with Crippen LogP contribution in [0.25, 0.3) is 0 Å². The molecule has 2 N–H and O–H groups in total. The van der Waals surface area contributed by atoms with E-state index in [9.17, 15) is 19.8 Å². The number of rotatable bonds is 2. The van der Waals surface area contributed by atoms with Crippen LogP contribution in [0.2, 0.25) is 0 Å². The van der Waals surface area contributed by atoms with Crippen molar-refractivity contribution in [1.82, 2.24) is 0 Å². The predicted octanol–water partition coefficient (Wildman–Crippen LogP) is 2.36.